The average Bonchev–Trinajstić information content (AvgIpc) is 3.04. The van der Waals surface area contributed by atoms with E-state index in [1.54, 1.807) is 36.4 Å². The molecule has 3 aromatic rings. The Labute approximate surface area is 173 Å². The Hall–Kier alpha value is -3.93. The van der Waals surface area contributed by atoms with E-state index in [0.717, 1.165) is 11.1 Å². The van der Waals surface area contributed by atoms with Crippen LogP contribution in [0.5, 0.6) is 11.5 Å². The number of hydrogen-bond acceptors (Lipinski definition) is 5. The number of nitro groups is 1. The normalized spacial score (nSPS) is 13.8. The Morgan fingerprint density at radius 2 is 1.80 bits per heavy atom. The lowest BCUT2D eigenvalue weighted by Crippen LogP contribution is -1.99. The van der Waals surface area contributed by atoms with Gasteiger partial charge in [-0.3, -0.25) is 14.9 Å². The summed E-state index contributed by atoms with van der Waals surface area (Å²) in [4.78, 5) is 22.9. The maximum Gasteiger partial charge on any atom is 0.269 e. The number of aryl methyl sites for hydroxylation is 2. The maximum absolute atomic E-state index is 12.6. The van der Waals surface area contributed by atoms with Crippen LogP contribution in [-0.2, 0) is 6.61 Å². The van der Waals surface area contributed by atoms with Gasteiger partial charge in [-0.2, -0.15) is 0 Å². The third kappa shape index (κ3) is 3.93. The summed E-state index contributed by atoms with van der Waals surface area (Å²) in [6.45, 7) is 4.50. The van der Waals surface area contributed by atoms with Gasteiger partial charge in [-0.1, -0.05) is 23.8 Å². The highest BCUT2D eigenvalue weighted by atomic mass is 16.6. The van der Waals surface area contributed by atoms with E-state index in [1.807, 2.05) is 13.8 Å². The molecule has 0 bridgehead atoms. The lowest BCUT2D eigenvalue weighted by Gasteiger charge is -2.10. The number of hydrogen-bond donors (Lipinski definition) is 0. The van der Waals surface area contributed by atoms with Crippen molar-refractivity contribution in [3.63, 3.8) is 0 Å². The molecular weight excluding hydrogens is 382 g/mol. The first-order chi connectivity index (χ1) is 14.4. The van der Waals surface area contributed by atoms with Crippen molar-refractivity contribution in [3.05, 3.63) is 104 Å². The monoisotopic (exact) mass is 401 g/mol. The molecule has 30 heavy (non-hydrogen) atoms. The minimum Gasteiger partial charge on any atom is -0.489 e. The van der Waals surface area contributed by atoms with E-state index in [0.29, 0.717) is 29.2 Å². The summed E-state index contributed by atoms with van der Waals surface area (Å²) in [7, 11) is 0. The average molecular weight is 401 g/mol. The lowest BCUT2D eigenvalue weighted by atomic mass is 10.1. The predicted octanol–water partition coefficient (Wildman–Crippen LogP) is 5.41. The van der Waals surface area contributed by atoms with Crippen LogP contribution in [0.1, 0.15) is 32.6 Å². The zero-order valence-electron chi connectivity index (χ0n) is 16.5. The van der Waals surface area contributed by atoms with Gasteiger partial charge in [-0.05, 0) is 60.9 Å². The fourth-order valence-electron chi connectivity index (χ4n) is 3.22. The zero-order chi connectivity index (χ0) is 21.3. The van der Waals surface area contributed by atoms with Gasteiger partial charge in [0.05, 0.1) is 10.5 Å². The Morgan fingerprint density at radius 1 is 1.03 bits per heavy atom. The van der Waals surface area contributed by atoms with Crippen LogP contribution in [0.15, 0.2) is 66.4 Å². The van der Waals surface area contributed by atoms with Crippen LogP contribution in [0, 0.1) is 24.0 Å². The standard InChI is InChI=1S/C24H19NO5/c1-15-3-4-16(2)18(11-15)14-29-20-9-10-21-22(13-20)30-23(24(21)26)12-17-5-7-19(8-6-17)25(27)28/h3-13H,14H2,1-2H3/b23-12-. The number of carbonyl (C=O) groups excluding carboxylic acids is 1. The molecule has 3 aromatic carbocycles. The number of Topliss-reactive ketones (excluding diaryl/α,β-unsaturated/α-hetero) is 1. The number of ether oxygens (including phenoxy) is 2. The van der Waals surface area contributed by atoms with Gasteiger partial charge in [0.15, 0.2) is 5.76 Å². The number of non-ortho nitro benzene ring substituents is 1. The Bertz CT molecular complexity index is 1180. The third-order valence-corrected chi connectivity index (χ3v) is 4.94. The highest BCUT2D eigenvalue weighted by Gasteiger charge is 2.27. The van der Waals surface area contributed by atoms with Crippen LogP contribution in [0.2, 0.25) is 0 Å². The van der Waals surface area contributed by atoms with Gasteiger partial charge in [-0.15, -0.1) is 0 Å². The van der Waals surface area contributed by atoms with E-state index in [-0.39, 0.29) is 17.2 Å². The Kier molecular flexibility index (Phi) is 5.06. The van der Waals surface area contributed by atoms with E-state index in [9.17, 15) is 14.9 Å². The largest absolute Gasteiger partial charge is 0.489 e. The molecule has 0 saturated heterocycles. The van der Waals surface area contributed by atoms with E-state index < -0.39 is 4.92 Å². The summed E-state index contributed by atoms with van der Waals surface area (Å²) in [6.07, 6.45) is 1.57. The lowest BCUT2D eigenvalue weighted by molar-refractivity contribution is -0.384. The maximum atomic E-state index is 12.6. The number of rotatable bonds is 5. The molecule has 4 rings (SSSR count). The summed E-state index contributed by atoms with van der Waals surface area (Å²) in [5, 5.41) is 10.8. The van der Waals surface area contributed by atoms with E-state index in [2.05, 4.69) is 18.2 Å². The summed E-state index contributed by atoms with van der Waals surface area (Å²) in [5.74, 6) is 0.987. The summed E-state index contributed by atoms with van der Waals surface area (Å²) in [6, 6.07) is 17.3. The SMILES string of the molecule is Cc1ccc(C)c(COc2ccc3c(c2)O/C(=C\c2ccc([N+](=O)[O-])cc2)C3=O)c1. The predicted molar refractivity (Wildman–Crippen MR) is 113 cm³/mol. The quantitative estimate of drug-likeness (QED) is 0.325. The first-order valence-electron chi connectivity index (χ1n) is 9.42. The molecule has 0 saturated carbocycles. The van der Waals surface area contributed by atoms with Gasteiger partial charge >= 0.3 is 0 Å². The number of carbonyl (C=O) groups is 1. The molecule has 1 heterocycles. The number of benzene rings is 3. The second kappa shape index (κ2) is 7.83. The topological polar surface area (TPSA) is 78.7 Å². The van der Waals surface area contributed by atoms with Crippen molar-refractivity contribution in [1.82, 2.24) is 0 Å². The second-order valence-electron chi connectivity index (χ2n) is 7.16. The minimum atomic E-state index is -0.468. The number of nitrogens with zero attached hydrogens (tertiary/aromatic N) is 1. The fraction of sp³-hybridized carbons (Fsp3) is 0.125. The first kappa shape index (κ1) is 19.4. The third-order valence-electron chi connectivity index (χ3n) is 4.94. The molecule has 0 spiro atoms. The van der Waals surface area contributed by atoms with Crippen LogP contribution in [0.4, 0.5) is 5.69 Å². The molecule has 0 aromatic heterocycles. The summed E-state index contributed by atoms with van der Waals surface area (Å²) < 4.78 is 11.6. The van der Waals surface area contributed by atoms with Crippen molar-refractivity contribution >= 4 is 17.5 Å². The first-order valence-corrected chi connectivity index (χ1v) is 9.42. The van der Waals surface area contributed by atoms with Gasteiger partial charge in [0.1, 0.15) is 18.1 Å². The molecule has 6 heteroatoms. The molecule has 1 aliphatic rings. The molecule has 0 radical (unpaired) electrons. The molecule has 150 valence electrons. The number of fused-ring (bicyclic) bond motifs is 1. The van der Waals surface area contributed by atoms with Crippen molar-refractivity contribution in [3.8, 4) is 11.5 Å². The summed E-state index contributed by atoms with van der Waals surface area (Å²) >= 11 is 0. The fourth-order valence-corrected chi connectivity index (χ4v) is 3.22. The molecule has 0 aliphatic carbocycles. The van der Waals surface area contributed by atoms with E-state index in [1.165, 1.54) is 17.7 Å². The van der Waals surface area contributed by atoms with Gasteiger partial charge in [0.25, 0.3) is 5.69 Å². The van der Waals surface area contributed by atoms with Gasteiger partial charge < -0.3 is 9.47 Å². The Morgan fingerprint density at radius 3 is 2.53 bits per heavy atom. The van der Waals surface area contributed by atoms with Crippen molar-refractivity contribution in [2.75, 3.05) is 0 Å². The van der Waals surface area contributed by atoms with Crippen molar-refractivity contribution in [2.45, 2.75) is 20.5 Å². The van der Waals surface area contributed by atoms with Crippen LogP contribution >= 0.6 is 0 Å². The molecule has 0 amide bonds. The van der Waals surface area contributed by atoms with Crippen LogP contribution in [-0.4, -0.2) is 10.7 Å². The number of allylic oxidation sites excluding steroid dienone is 1. The zero-order valence-corrected chi connectivity index (χ0v) is 16.5. The molecule has 0 unspecified atom stereocenters. The van der Waals surface area contributed by atoms with Crippen molar-refractivity contribution in [2.24, 2.45) is 0 Å². The highest BCUT2D eigenvalue weighted by Crippen LogP contribution is 2.35. The van der Waals surface area contributed by atoms with Gasteiger partial charge in [0, 0.05) is 18.2 Å². The molecule has 0 atom stereocenters. The number of nitro benzene ring substituents is 1. The summed E-state index contributed by atoms with van der Waals surface area (Å²) in [5.41, 5.74) is 4.52. The smallest absolute Gasteiger partial charge is 0.269 e. The van der Waals surface area contributed by atoms with Crippen LogP contribution < -0.4 is 9.47 Å². The van der Waals surface area contributed by atoms with Crippen molar-refractivity contribution < 1.29 is 19.2 Å². The molecule has 1 aliphatic heterocycles. The van der Waals surface area contributed by atoms with Crippen LogP contribution in [0.3, 0.4) is 0 Å². The Balaban J connectivity index is 1.50. The minimum absolute atomic E-state index is 0.00950. The molecule has 0 N–H and O–H groups in total. The molecule has 6 nitrogen and oxygen atoms in total. The van der Waals surface area contributed by atoms with Crippen molar-refractivity contribution in [1.29, 1.82) is 0 Å². The number of ketones is 1. The van der Waals surface area contributed by atoms with E-state index >= 15 is 0 Å². The molecule has 0 fully saturated rings. The second-order valence-corrected chi connectivity index (χ2v) is 7.16. The highest BCUT2D eigenvalue weighted by molar-refractivity contribution is 6.14. The van der Waals surface area contributed by atoms with E-state index in [4.69, 9.17) is 9.47 Å². The van der Waals surface area contributed by atoms with Crippen LogP contribution in [0.25, 0.3) is 6.08 Å². The molecular formula is C24H19NO5. The van der Waals surface area contributed by atoms with Gasteiger partial charge in [-0.25, -0.2) is 0 Å². The van der Waals surface area contributed by atoms with Gasteiger partial charge in [0.2, 0.25) is 5.78 Å².